The summed E-state index contributed by atoms with van der Waals surface area (Å²) in [4.78, 5) is 8.21. The maximum atomic E-state index is 10.4. The maximum absolute atomic E-state index is 10.4. The highest BCUT2D eigenvalue weighted by atomic mass is 16.5. The van der Waals surface area contributed by atoms with Crippen molar-refractivity contribution in [3.05, 3.63) is 53.0 Å². The van der Waals surface area contributed by atoms with Gasteiger partial charge in [0.25, 0.3) is 0 Å². The van der Waals surface area contributed by atoms with Crippen molar-refractivity contribution in [2.45, 2.75) is 20.0 Å². The number of aryl methyl sites for hydroxylation is 2. The molecule has 1 aromatic heterocycles. The molecule has 0 aliphatic heterocycles. The first-order valence-electron chi connectivity index (χ1n) is 5.73. The van der Waals surface area contributed by atoms with Gasteiger partial charge in [-0.25, -0.2) is 4.98 Å². The van der Waals surface area contributed by atoms with Crippen molar-refractivity contribution in [1.29, 1.82) is 0 Å². The van der Waals surface area contributed by atoms with E-state index in [1.807, 2.05) is 32.0 Å². The molecule has 1 heterocycles. The number of hydrogen-bond acceptors (Lipinski definition) is 4. The second-order valence-corrected chi connectivity index (χ2v) is 4.21. The van der Waals surface area contributed by atoms with Crippen molar-refractivity contribution in [2.24, 2.45) is 0 Å². The van der Waals surface area contributed by atoms with Crippen LogP contribution in [0.3, 0.4) is 0 Å². The Morgan fingerprint density at radius 1 is 1.17 bits per heavy atom. The highest BCUT2D eigenvalue weighted by molar-refractivity contribution is 5.38. The third-order valence-electron chi connectivity index (χ3n) is 2.87. The van der Waals surface area contributed by atoms with Crippen molar-refractivity contribution in [3.8, 4) is 5.88 Å². The molecule has 0 aliphatic carbocycles. The zero-order valence-corrected chi connectivity index (χ0v) is 10.7. The number of ether oxygens (including phenoxy) is 1. The van der Waals surface area contributed by atoms with E-state index < -0.39 is 6.10 Å². The fraction of sp³-hybridized carbons (Fsp3) is 0.286. The van der Waals surface area contributed by atoms with Gasteiger partial charge in [-0.2, -0.15) is 0 Å². The Hall–Kier alpha value is -1.94. The molecule has 0 saturated carbocycles. The van der Waals surface area contributed by atoms with E-state index in [-0.39, 0.29) is 0 Å². The second kappa shape index (κ2) is 5.14. The van der Waals surface area contributed by atoms with Gasteiger partial charge in [-0.05, 0) is 25.0 Å². The smallest absolute Gasteiger partial charge is 0.238 e. The highest BCUT2D eigenvalue weighted by Crippen LogP contribution is 2.28. The summed E-state index contributed by atoms with van der Waals surface area (Å²) in [5.74, 6) is 0.353. The molecule has 1 atom stereocenters. The molecule has 4 heteroatoms. The van der Waals surface area contributed by atoms with Crippen molar-refractivity contribution in [1.82, 2.24) is 9.97 Å². The van der Waals surface area contributed by atoms with Crippen LogP contribution in [-0.4, -0.2) is 22.2 Å². The minimum atomic E-state index is -0.825. The fourth-order valence-corrected chi connectivity index (χ4v) is 1.88. The molecule has 18 heavy (non-hydrogen) atoms. The molecule has 0 amide bonds. The average molecular weight is 244 g/mol. The van der Waals surface area contributed by atoms with Gasteiger partial charge in [-0.15, -0.1) is 0 Å². The number of aliphatic hydroxyl groups is 1. The lowest BCUT2D eigenvalue weighted by Crippen LogP contribution is -2.07. The van der Waals surface area contributed by atoms with Crippen molar-refractivity contribution in [2.75, 3.05) is 7.11 Å². The van der Waals surface area contributed by atoms with E-state index in [2.05, 4.69) is 9.97 Å². The summed E-state index contributed by atoms with van der Waals surface area (Å²) in [5.41, 5.74) is 3.38. The second-order valence-electron chi connectivity index (χ2n) is 4.21. The van der Waals surface area contributed by atoms with E-state index >= 15 is 0 Å². The Kier molecular flexibility index (Phi) is 3.58. The summed E-state index contributed by atoms with van der Waals surface area (Å²) in [6, 6.07) is 5.95. The van der Waals surface area contributed by atoms with Crippen LogP contribution in [0.2, 0.25) is 0 Å². The van der Waals surface area contributed by atoms with E-state index in [0.29, 0.717) is 11.6 Å². The summed E-state index contributed by atoms with van der Waals surface area (Å²) >= 11 is 0. The molecule has 0 bridgehead atoms. The topological polar surface area (TPSA) is 55.2 Å². The fourth-order valence-electron chi connectivity index (χ4n) is 1.88. The summed E-state index contributed by atoms with van der Waals surface area (Å²) in [6.07, 6.45) is 2.26. The molecule has 0 saturated heterocycles. The van der Waals surface area contributed by atoms with Crippen LogP contribution in [0.15, 0.2) is 30.6 Å². The maximum Gasteiger partial charge on any atom is 0.238 e. The van der Waals surface area contributed by atoms with Gasteiger partial charge in [0.2, 0.25) is 5.88 Å². The van der Waals surface area contributed by atoms with E-state index in [0.717, 1.165) is 16.7 Å². The third kappa shape index (κ3) is 2.33. The van der Waals surface area contributed by atoms with Crippen molar-refractivity contribution in [3.63, 3.8) is 0 Å². The Morgan fingerprint density at radius 3 is 2.61 bits per heavy atom. The number of aromatic nitrogens is 2. The largest absolute Gasteiger partial charge is 0.480 e. The number of hydrogen-bond donors (Lipinski definition) is 1. The number of methoxy groups -OCH3 is 1. The van der Waals surface area contributed by atoms with Crippen LogP contribution in [-0.2, 0) is 0 Å². The monoisotopic (exact) mass is 244 g/mol. The number of rotatable bonds is 3. The molecule has 94 valence electrons. The van der Waals surface area contributed by atoms with Crippen molar-refractivity contribution >= 4 is 0 Å². The van der Waals surface area contributed by atoms with Gasteiger partial charge >= 0.3 is 0 Å². The molecule has 1 aromatic carbocycles. The first kappa shape index (κ1) is 12.5. The summed E-state index contributed by atoms with van der Waals surface area (Å²) in [7, 11) is 1.52. The van der Waals surface area contributed by atoms with Gasteiger partial charge in [-0.1, -0.05) is 23.8 Å². The zero-order chi connectivity index (χ0) is 13.1. The molecule has 4 nitrogen and oxygen atoms in total. The lowest BCUT2D eigenvalue weighted by molar-refractivity contribution is 0.207. The minimum absolute atomic E-state index is 0.353. The van der Waals surface area contributed by atoms with Gasteiger partial charge in [-0.3, -0.25) is 4.98 Å². The molecule has 0 fully saturated rings. The van der Waals surface area contributed by atoms with Crippen LogP contribution in [0.1, 0.15) is 28.5 Å². The van der Waals surface area contributed by atoms with E-state index in [4.69, 9.17) is 4.74 Å². The van der Waals surface area contributed by atoms with Crippen LogP contribution < -0.4 is 4.74 Å². The first-order chi connectivity index (χ1) is 8.63. The van der Waals surface area contributed by atoms with Gasteiger partial charge in [0.15, 0.2) is 0 Å². The van der Waals surface area contributed by atoms with Crippen LogP contribution >= 0.6 is 0 Å². The lowest BCUT2D eigenvalue weighted by atomic mass is 9.99. The van der Waals surface area contributed by atoms with Crippen LogP contribution in [0, 0.1) is 13.8 Å². The molecule has 2 aromatic rings. The number of benzene rings is 1. The average Bonchev–Trinajstić information content (AvgIpc) is 2.40. The summed E-state index contributed by atoms with van der Waals surface area (Å²) in [5, 5.41) is 10.4. The lowest BCUT2D eigenvalue weighted by Gasteiger charge is -2.15. The molecule has 0 spiro atoms. The number of nitrogens with zero attached hydrogens (tertiary/aromatic N) is 2. The van der Waals surface area contributed by atoms with Gasteiger partial charge in [0.05, 0.1) is 7.11 Å². The molecule has 1 unspecified atom stereocenters. The quantitative estimate of drug-likeness (QED) is 0.899. The SMILES string of the molecule is COc1nccnc1C(O)c1cc(C)ccc1C. The van der Waals surface area contributed by atoms with Gasteiger partial charge in [0, 0.05) is 12.4 Å². The normalized spacial score (nSPS) is 12.2. The number of aliphatic hydroxyl groups excluding tert-OH is 1. The van der Waals surface area contributed by atoms with E-state index in [9.17, 15) is 5.11 Å². The minimum Gasteiger partial charge on any atom is -0.480 e. The van der Waals surface area contributed by atoms with Crippen LogP contribution in [0.4, 0.5) is 0 Å². The standard InChI is InChI=1S/C14H16N2O2/c1-9-4-5-10(2)11(8-9)13(17)12-14(18-3)16-7-6-15-12/h4-8,13,17H,1-3H3. The van der Waals surface area contributed by atoms with E-state index in [1.165, 1.54) is 13.3 Å². The Morgan fingerprint density at radius 2 is 1.89 bits per heavy atom. The molecule has 1 N–H and O–H groups in total. The molecule has 0 aliphatic rings. The molecule has 0 radical (unpaired) electrons. The zero-order valence-electron chi connectivity index (χ0n) is 10.7. The third-order valence-corrected chi connectivity index (χ3v) is 2.87. The predicted octanol–water partition coefficient (Wildman–Crippen LogP) is 2.18. The first-order valence-corrected chi connectivity index (χ1v) is 5.73. The van der Waals surface area contributed by atoms with Crippen LogP contribution in [0.25, 0.3) is 0 Å². The Bertz CT molecular complexity index is 555. The van der Waals surface area contributed by atoms with Gasteiger partial charge < -0.3 is 9.84 Å². The van der Waals surface area contributed by atoms with Gasteiger partial charge in [0.1, 0.15) is 11.8 Å². The molecular weight excluding hydrogens is 228 g/mol. The molecule has 2 rings (SSSR count). The van der Waals surface area contributed by atoms with Crippen molar-refractivity contribution < 1.29 is 9.84 Å². The Balaban J connectivity index is 2.47. The Labute approximate surface area is 106 Å². The van der Waals surface area contributed by atoms with Crippen LogP contribution in [0.5, 0.6) is 5.88 Å². The van der Waals surface area contributed by atoms with E-state index in [1.54, 1.807) is 6.20 Å². The highest BCUT2D eigenvalue weighted by Gasteiger charge is 2.19. The molecular formula is C14H16N2O2. The predicted molar refractivity (Wildman–Crippen MR) is 68.6 cm³/mol. The summed E-state index contributed by atoms with van der Waals surface area (Å²) in [6.45, 7) is 3.95. The summed E-state index contributed by atoms with van der Waals surface area (Å²) < 4.78 is 5.12.